The van der Waals surface area contributed by atoms with Crippen LogP contribution in [0, 0.1) is 13.8 Å². The molecule has 4 rings (SSSR count). The fourth-order valence-corrected chi connectivity index (χ4v) is 4.88. The molecule has 1 saturated heterocycles. The molecule has 1 aromatic carbocycles. The number of methoxy groups -OCH3 is 1. The average molecular weight is 495 g/mol. The number of amides is 1. The summed E-state index contributed by atoms with van der Waals surface area (Å²) in [6.07, 6.45) is 4.05. The van der Waals surface area contributed by atoms with Crippen molar-refractivity contribution in [1.29, 1.82) is 0 Å². The molecule has 1 aliphatic heterocycles. The number of fused-ring (bicyclic) bond motifs is 1. The summed E-state index contributed by atoms with van der Waals surface area (Å²) in [5.41, 5.74) is 3.69. The SMILES string of the molecule is COCCCNc1nc2c(C)cccn2c(=O)c1/C=C1\SC(=S)N(Cc2ccc(C)cc2)C1=O. The Morgan fingerprint density at radius 2 is 1.94 bits per heavy atom. The van der Waals surface area contributed by atoms with Gasteiger partial charge < -0.3 is 10.1 Å². The highest BCUT2D eigenvalue weighted by Crippen LogP contribution is 2.34. The monoisotopic (exact) mass is 494 g/mol. The van der Waals surface area contributed by atoms with E-state index in [1.54, 1.807) is 24.3 Å². The van der Waals surface area contributed by atoms with Crippen molar-refractivity contribution >= 4 is 51.7 Å². The molecule has 176 valence electrons. The van der Waals surface area contributed by atoms with Crippen LogP contribution in [0.5, 0.6) is 0 Å². The molecule has 7 nitrogen and oxygen atoms in total. The van der Waals surface area contributed by atoms with E-state index in [-0.39, 0.29) is 11.5 Å². The van der Waals surface area contributed by atoms with Gasteiger partial charge >= 0.3 is 0 Å². The first-order chi connectivity index (χ1) is 16.4. The largest absolute Gasteiger partial charge is 0.385 e. The third kappa shape index (κ3) is 5.06. The van der Waals surface area contributed by atoms with E-state index in [0.717, 1.165) is 23.1 Å². The maximum atomic E-state index is 13.4. The number of aryl methyl sites for hydroxylation is 2. The molecule has 3 heterocycles. The number of carbonyl (C=O) groups excluding carboxylic acids is 1. The Hall–Kier alpha value is -3.01. The summed E-state index contributed by atoms with van der Waals surface area (Å²) in [6.45, 7) is 5.48. The molecule has 3 aromatic rings. The Bertz CT molecular complexity index is 1330. The maximum absolute atomic E-state index is 13.4. The average Bonchev–Trinajstić information content (AvgIpc) is 3.08. The van der Waals surface area contributed by atoms with E-state index in [0.29, 0.717) is 46.0 Å². The highest BCUT2D eigenvalue weighted by atomic mass is 32.2. The van der Waals surface area contributed by atoms with Gasteiger partial charge in [0.2, 0.25) is 0 Å². The number of aromatic nitrogens is 2. The summed E-state index contributed by atoms with van der Waals surface area (Å²) in [5.74, 6) is 0.230. The minimum atomic E-state index is -0.244. The van der Waals surface area contributed by atoms with E-state index in [2.05, 4.69) is 5.32 Å². The second kappa shape index (κ2) is 10.5. The van der Waals surface area contributed by atoms with Crippen LogP contribution in [0.2, 0.25) is 0 Å². The molecule has 0 bridgehead atoms. The zero-order chi connectivity index (χ0) is 24.2. The predicted octanol–water partition coefficient (Wildman–Crippen LogP) is 4.16. The molecule has 0 unspecified atom stereocenters. The van der Waals surface area contributed by atoms with E-state index in [1.165, 1.54) is 16.2 Å². The van der Waals surface area contributed by atoms with Gasteiger partial charge in [0.25, 0.3) is 11.5 Å². The Balaban J connectivity index is 1.70. The molecule has 1 fully saturated rings. The van der Waals surface area contributed by atoms with Gasteiger partial charge in [0.05, 0.1) is 17.0 Å². The normalized spacial score (nSPS) is 15.0. The highest BCUT2D eigenvalue weighted by molar-refractivity contribution is 8.26. The Morgan fingerprint density at radius 3 is 2.68 bits per heavy atom. The third-order valence-electron chi connectivity index (χ3n) is 5.51. The van der Waals surface area contributed by atoms with Crippen molar-refractivity contribution in [1.82, 2.24) is 14.3 Å². The summed E-state index contributed by atoms with van der Waals surface area (Å²) in [7, 11) is 1.65. The van der Waals surface area contributed by atoms with Crippen LogP contribution in [0.1, 0.15) is 28.7 Å². The maximum Gasteiger partial charge on any atom is 0.267 e. The van der Waals surface area contributed by atoms with Crippen LogP contribution in [-0.2, 0) is 16.1 Å². The molecule has 1 amide bonds. The first-order valence-corrected chi connectivity index (χ1v) is 12.2. The third-order valence-corrected chi connectivity index (χ3v) is 6.89. The number of hydrogen-bond acceptors (Lipinski definition) is 7. The lowest BCUT2D eigenvalue weighted by molar-refractivity contribution is -0.122. The van der Waals surface area contributed by atoms with Gasteiger partial charge in [-0.05, 0) is 43.5 Å². The standard InChI is InChI=1S/C25H26N4O3S2/c1-16-7-9-18(10-8-16)15-29-24(31)20(34-25(29)33)14-19-21(26-11-5-13-32-3)27-22-17(2)6-4-12-28(22)23(19)30/h4,6-10,12,14,26H,5,11,13,15H2,1-3H3/b20-14-. The zero-order valence-corrected chi connectivity index (χ0v) is 21.0. The first-order valence-electron chi connectivity index (χ1n) is 10.9. The molecule has 1 N–H and O–H groups in total. The predicted molar refractivity (Wildman–Crippen MR) is 141 cm³/mol. The Morgan fingerprint density at radius 1 is 1.18 bits per heavy atom. The van der Waals surface area contributed by atoms with Gasteiger partial charge in [0, 0.05) is 26.5 Å². The first kappa shape index (κ1) is 24.1. The number of anilines is 1. The van der Waals surface area contributed by atoms with Crippen LogP contribution < -0.4 is 10.9 Å². The molecule has 2 aromatic heterocycles. The van der Waals surface area contributed by atoms with Crippen LogP contribution >= 0.6 is 24.0 Å². The Kier molecular flexibility index (Phi) is 7.45. The number of carbonyl (C=O) groups is 1. The lowest BCUT2D eigenvalue weighted by atomic mass is 10.1. The molecule has 0 radical (unpaired) electrons. The molecular formula is C25H26N4O3S2. The number of nitrogens with zero attached hydrogens (tertiary/aromatic N) is 3. The van der Waals surface area contributed by atoms with Crippen LogP contribution in [-0.4, -0.2) is 44.8 Å². The Labute approximate surface area is 207 Å². The number of thiocarbonyl (C=S) groups is 1. The lowest BCUT2D eigenvalue weighted by Gasteiger charge is -2.14. The second-order valence-electron chi connectivity index (χ2n) is 8.09. The van der Waals surface area contributed by atoms with Crippen molar-refractivity contribution in [2.45, 2.75) is 26.8 Å². The van der Waals surface area contributed by atoms with Crippen molar-refractivity contribution in [2.75, 3.05) is 25.6 Å². The number of nitrogens with one attached hydrogen (secondary N) is 1. The zero-order valence-electron chi connectivity index (χ0n) is 19.3. The smallest absolute Gasteiger partial charge is 0.267 e. The second-order valence-corrected chi connectivity index (χ2v) is 9.77. The van der Waals surface area contributed by atoms with E-state index in [9.17, 15) is 9.59 Å². The molecule has 0 aliphatic carbocycles. The minimum absolute atomic E-state index is 0.213. The number of pyridine rings is 1. The molecule has 0 atom stereocenters. The van der Waals surface area contributed by atoms with Crippen LogP contribution in [0.25, 0.3) is 11.7 Å². The number of ether oxygens (including phenoxy) is 1. The number of benzene rings is 1. The van der Waals surface area contributed by atoms with Gasteiger partial charge in [-0.15, -0.1) is 0 Å². The highest BCUT2D eigenvalue weighted by Gasteiger charge is 2.32. The lowest BCUT2D eigenvalue weighted by Crippen LogP contribution is -2.27. The van der Waals surface area contributed by atoms with E-state index in [4.69, 9.17) is 21.9 Å². The molecular weight excluding hydrogens is 468 g/mol. The van der Waals surface area contributed by atoms with Crippen molar-refractivity contribution < 1.29 is 9.53 Å². The van der Waals surface area contributed by atoms with Crippen LogP contribution in [0.4, 0.5) is 5.82 Å². The molecule has 0 saturated carbocycles. The van der Waals surface area contributed by atoms with E-state index in [1.807, 2.05) is 50.2 Å². The summed E-state index contributed by atoms with van der Waals surface area (Å²) in [5, 5.41) is 3.25. The van der Waals surface area contributed by atoms with Gasteiger partial charge in [-0.1, -0.05) is 59.9 Å². The molecule has 9 heteroatoms. The van der Waals surface area contributed by atoms with E-state index >= 15 is 0 Å². The summed E-state index contributed by atoms with van der Waals surface area (Å²) < 4.78 is 7.09. The quantitative estimate of drug-likeness (QED) is 0.286. The number of thioether (sulfide) groups is 1. The van der Waals surface area contributed by atoms with E-state index < -0.39 is 0 Å². The molecule has 34 heavy (non-hydrogen) atoms. The van der Waals surface area contributed by atoms with Crippen LogP contribution in [0.3, 0.4) is 0 Å². The summed E-state index contributed by atoms with van der Waals surface area (Å²) >= 11 is 6.70. The fourth-order valence-electron chi connectivity index (χ4n) is 3.64. The summed E-state index contributed by atoms with van der Waals surface area (Å²) in [4.78, 5) is 33.3. The van der Waals surface area contributed by atoms with Gasteiger partial charge in [0.15, 0.2) is 0 Å². The fraction of sp³-hybridized carbons (Fsp3) is 0.280. The van der Waals surface area contributed by atoms with Crippen molar-refractivity contribution in [2.24, 2.45) is 0 Å². The van der Waals surface area contributed by atoms with Gasteiger partial charge in [0.1, 0.15) is 15.8 Å². The molecule has 0 spiro atoms. The number of rotatable bonds is 8. The summed E-state index contributed by atoms with van der Waals surface area (Å²) in [6, 6.07) is 11.7. The minimum Gasteiger partial charge on any atom is -0.385 e. The molecule has 1 aliphatic rings. The van der Waals surface area contributed by atoms with Crippen molar-refractivity contribution in [3.05, 3.63) is 80.1 Å². The van der Waals surface area contributed by atoms with Gasteiger partial charge in [-0.3, -0.25) is 18.9 Å². The van der Waals surface area contributed by atoms with Crippen molar-refractivity contribution in [3.8, 4) is 0 Å². The van der Waals surface area contributed by atoms with Crippen LogP contribution in [0.15, 0.2) is 52.3 Å². The topological polar surface area (TPSA) is 75.9 Å². The van der Waals surface area contributed by atoms with Crippen molar-refractivity contribution in [3.63, 3.8) is 0 Å². The van der Waals surface area contributed by atoms with Gasteiger partial charge in [-0.25, -0.2) is 4.98 Å². The number of hydrogen-bond donors (Lipinski definition) is 1. The van der Waals surface area contributed by atoms with Gasteiger partial charge in [-0.2, -0.15) is 0 Å².